The smallest absolute Gasteiger partial charge is 0.159 e. The van der Waals surface area contributed by atoms with Crippen molar-refractivity contribution in [3.05, 3.63) is 198 Å². The van der Waals surface area contributed by atoms with E-state index in [1.54, 1.807) is 6.20 Å². The molecule has 0 bridgehead atoms. The van der Waals surface area contributed by atoms with Crippen molar-refractivity contribution in [3.8, 4) is 22.6 Å². The van der Waals surface area contributed by atoms with Crippen LogP contribution in [0.25, 0.3) is 44.4 Å². The van der Waals surface area contributed by atoms with E-state index in [9.17, 15) is 9.90 Å². The van der Waals surface area contributed by atoms with Gasteiger partial charge < -0.3 is 19.2 Å². The summed E-state index contributed by atoms with van der Waals surface area (Å²) in [6, 6.07) is 55.2. The summed E-state index contributed by atoms with van der Waals surface area (Å²) >= 11 is 0. The van der Waals surface area contributed by atoms with Crippen LogP contribution in [0.4, 0.5) is 0 Å². The maximum Gasteiger partial charge on any atom is 0.159 e. The summed E-state index contributed by atoms with van der Waals surface area (Å²) in [6.45, 7) is 20.1. The van der Waals surface area contributed by atoms with Gasteiger partial charge in [-0.3, -0.25) is 4.79 Å². The van der Waals surface area contributed by atoms with Gasteiger partial charge in [-0.15, -0.1) is 35.9 Å². The molecule has 0 aliphatic heterocycles. The van der Waals surface area contributed by atoms with Gasteiger partial charge in [0.2, 0.25) is 0 Å². The minimum absolute atomic E-state index is 0. The molecule has 8 rings (SSSR count). The van der Waals surface area contributed by atoms with E-state index < -0.39 is 0 Å². The summed E-state index contributed by atoms with van der Waals surface area (Å²) in [7, 11) is 0. The van der Waals surface area contributed by atoms with Crippen LogP contribution in [0.3, 0.4) is 0 Å². The topological polar surface area (TPSA) is 60.0 Å². The minimum atomic E-state index is -0.0568. The van der Waals surface area contributed by atoms with E-state index in [1.807, 2.05) is 42.5 Å². The number of carbonyl (C=O) groups excluding carboxylic acids is 1. The number of aliphatic hydroxyl groups is 1. The number of nitrogens with zero attached hydrogens (tertiary/aromatic N) is 3. The standard InChI is InChI=1S/C48H56N2O2.C11H8N.Pt/c1-10-35(36-22-19-34(20-23-36)21-24-42(52)26-33(3)51)25-32(2)39-27-40(49-43-17-13-11-15-37(43)29-45(49)47(4,5)6)31-41(28-39)50-44-18-14-12-16-38(44)30-46(50)48(7,8)9;1-2-6-10(7-3-1)11-8-4-5-9-12-11;/h11-20,22-23,26-32,35,51H,10,21,24-25H2,1-9H3;1-6,8-9H;/q;-1;/b33-26-;;. The Bertz CT molecular complexity index is 2700. The number of fused-ring (bicyclic) bond motifs is 2. The number of carbonyl (C=O) groups is 1. The van der Waals surface area contributed by atoms with Crippen LogP contribution in [0.5, 0.6) is 0 Å². The number of para-hydroxylation sites is 2. The average molecular weight is 1040 g/mol. The monoisotopic (exact) mass is 1040 g/mol. The van der Waals surface area contributed by atoms with Gasteiger partial charge in [0, 0.05) is 84.1 Å². The average Bonchev–Trinajstić information content (AvgIpc) is 3.89. The molecule has 3 aromatic heterocycles. The fraction of sp³-hybridized carbons (Fsp3) is 0.288. The van der Waals surface area contributed by atoms with Crippen LogP contribution in [0, 0.1) is 6.07 Å². The van der Waals surface area contributed by atoms with Crippen molar-refractivity contribution >= 4 is 27.6 Å². The number of aliphatic hydroxyl groups excluding tert-OH is 1. The third kappa shape index (κ3) is 11.7. The van der Waals surface area contributed by atoms with Crippen LogP contribution in [0.2, 0.25) is 0 Å². The molecule has 0 radical (unpaired) electrons. The van der Waals surface area contributed by atoms with Crippen molar-refractivity contribution in [1.29, 1.82) is 0 Å². The van der Waals surface area contributed by atoms with Gasteiger partial charge in [0.1, 0.15) is 0 Å². The first-order chi connectivity index (χ1) is 30.6. The number of benzene rings is 5. The van der Waals surface area contributed by atoms with E-state index in [2.05, 4.69) is 179 Å². The molecule has 8 aromatic rings. The molecule has 0 spiro atoms. The number of allylic oxidation sites excluding steroid dienone is 2. The van der Waals surface area contributed by atoms with Gasteiger partial charge in [0.05, 0.1) is 16.8 Å². The minimum Gasteiger partial charge on any atom is -0.512 e. The fourth-order valence-corrected chi connectivity index (χ4v) is 8.84. The Balaban J connectivity index is 0.000000463. The first-order valence-electron chi connectivity index (χ1n) is 22.9. The van der Waals surface area contributed by atoms with Gasteiger partial charge >= 0.3 is 0 Å². The molecule has 6 heteroatoms. The maximum atomic E-state index is 12.1. The Hall–Kier alpha value is -5.77. The van der Waals surface area contributed by atoms with Crippen LogP contribution >= 0.6 is 0 Å². The molecule has 0 fully saturated rings. The molecule has 3 heterocycles. The molecule has 338 valence electrons. The Labute approximate surface area is 401 Å². The van der Waals surface area contributed by atoms with Crippen molar-refractivity contribution in [2.75, 3.05) is 0 Å². The van der Waals surface area contributed by atoms with Gasteiger partial charge in [0.15, 0.2) is 5.78 Å². The summed E-state index contributed by atoms with van der Waals surface area (Å²) in [5, 5.41) is 12.0. The molecule has 0 aliphatic rings. The van der Waals surface area contributed by atoms with Crippen molar-refractivity contribution in [2.24, 2.45) is 0 Å². The SMILES string of the molecule is CCC(CC(C)c1cc(-n2c(C(C)(C)C)cc3ccccc32)cc(-n2c(C(C)(C)C)cc3ccccc32)c1)c1ccc(CCC(=O)/C=C(/C)O)cc1.[Pt].[c-]1ccccc1-c1ccccn1. The zero-order valence-electron chi connectivity index (χ0n) is 39.5. The Morgan fingerprint density at radius 1 is 0.708 bits per heavy atom. The van der Waals surface area contributed by atoms with E-state index in [0.717, 1.165) is 29.7 Å². The Morgan fingerprint density at radius 2 is 1.26 bits per heavy atom. The van der Waals surface area contributed by atoms with Gasteiger partial charge in [0.25, 0.3) is 0 Å². The molecule has 5 nitrogen and oxygen atoms in total. The molecule has 5 aromatic carbocycles. The summed E-state index contributed by atoms with van der Waals surface area (Å²) < 4.78 is 4.99. The summed E-state index contributed by atoms with van der Waals surface area (Å²) in [5.41, 5.74) is 13.2. The molecule has 0 aliphatic carbocycles. The number of hydrogen-bond donors (Lipinski definition) is 1. The predicted octanol–water partition coefficient (Wildman–Crippen LogP) is 15.4. The molecule has 0 saturated carbocycles. The van der Waals surface area contributed by atoms with Crippen molar-refractivity contribution in [2.45, 2.75) is 111 Å². The van der Waals surface area contributed by atoms with Crippen LogP contribution in [-0.4, -0.2) is 25.0 Å². The van der Waals surface area contributed by atoms with E-state index in [-0.39, 0.29) is 43.4 Å². The first kappa shape index (κ1) is 48.7. The quantitative estimate of drug-likeness (QED) is 0.0753. The zero-order valence-corrected chi connectivity index (χ0v) is 41.8. The van der Waals surface area contributed by atoms with Gasteiger partial charge in [-0.05, 0) is 109 Å². The molecule has 65 heavy (non-hydrogen) atoms. The number of ketones is 1. The molecular formula is C59H64N3O2Pt-. The normalized spacial score (nSPS) is 12.9. The molecular weight excluding hydrogens is 978 g/mol. The van der Waals surface area contributed by atoms with Crippen molar-refractivity contribution in [3.63, 3.8) is 0 Å². The van der Waals surface area contributed by atoms with Crippen LogP contribution < -0.4 is 0 Å². The molecule has 0 amide bonds. The largest absolute Gasteiger partial charge is 0.512 e. The van der Waals surface area contributed by atoms with Crippen LogP contribution in [0.15, 0.2) is 164 Å². The first-order valence-corrected chi connectivity index (χ1v) is 22.9. The second-order valence-electron chi connectivity index (χ2n) is 19.4. The van der Waals surface area contributed by atoms with Gasteiger partial charge in [-0.25, -0.2) is 0 Å². The summed E-state index contributed by atoms with van der Waals surface area (Å²) in [6.07, 6.45) is 6.23. The second-order valence-corrected chi connectivity index (χ2v) is 19.4. The third-order valence-corrected chi connectivity index (χ3v) is 12.2. The number of hydrogen-bond acceptors (Lipinski definition) is 3. The molecule has 2 unspecified atom stereocenters. The predicted molar refractivity (Wildman–Crippen MR) is 268 cm³/mol. The van der Waals surface area contributed by atoms with E-state index in [1.165, 1.54) is 68.7 Å². The van der Waals surface area contributed by atoms with E-state index >= 15 is 0 Å². The number of aromatic nitrogens is 3. The molecule has 0 saturated heterocycles. The number of aryl methyl sites for hydroxylation is 1. The van der Waals surface area contributed by atoms with E-state index in [4.69, 9.17) is 0 Å². The Kier molecular flexibility index (Phi) is 15.7. The Morgan fingerprint density at radius 3 is 1.75 bits per heavy atom. The van der Waals surface area contributed by atoms with Crippen LogP contribution in [0.1, 0.15) is 121 Å². The number of rotatable bonds is 12. The summed E-state index contributed by atoms with van der Waals surface area (Å²) in [4.78, 5) is 16.3. The third-order valence-electron chi connectivity index (χ3n) is 12.2. The second kappa shape index (κ2) is 21.0. The van der Waals surface area contributed by atoms with Gasteiger partial charge in [-0.1, -0.05) is 128 Å². The maximum absolute atomic E-state index is 12.1. The van der Waals surface area contributed by atoms with Crippen molar-refractivity contribution < 1.29 is 31.0 Å². The number of pyridine rings is 1. The van der Waals surface area contributed by atoms with Gasteiger partial charge in [-0.2, -0.15) is 0 Å². The fourth-order valence-electron chi connectivity index (χ4n) is 8.84. The van der Waals surface area contributed by atoms with Crippen LogP contribution in [-0.2, 0) is 43.1 Å². The molecule has 2 atom stereocenters. The van der Waals surface area contributed by atoms with E-state index in [0.29, 0.717) is 24.7 Å². The summed E-state index contributed by atoms with van der Waals surface area (Å²) in [5.74, 6) is 0.712. The van der Waals surface area contributed by atoms with Crippen molar-refractivity contribution in [1.82, 2.24) is 14.1 Å². The zero-order chi connectivity index (χ0) is 45.6. The molecule has 1 N–H and O–H groups in total.